The Morgan fingerprint density at radius 2 is 1.62 bits per heavy atom. The number of carbonyl (C=O) groups excluding carboxylic acids is 3. The second-order valence-electron chi connectivity index (χ2n) is 4.21. The minimum absolute atomic E-state index is 0.143. The minimum atomic E-state index is -0.358. The van der Waals surface area contributed by atoms with Crippen LogP contribution in [0.1, 0.15) is 25.3 Å². The molecule has 0 aliphatic carbocycles. The highest BCUT2D eigenvalue weighted by Gasteiger charge is 2.00. The Hall–Kier alpha value is -2.85. The molecule has 0 fully saturated rings. The summed E-state index contributed by atoms with van der Waals surface area (Å²) in [6, 6.07) is 10.3. The van der Waals surface area contributed by atoms with Crippen molar-refractivity contribution in [1.29, 1.82) is 10.8 Å². The van der Waals surface area contributed by atoms with Gasteiger partial charge in [0, 0.05) is 12.2 Å². The molecule has 0 heterocycles. The summed E-state index contributed by atoms with van der Waals surface area (Å²) in [7, 11) is 0. The zero-order valence-electron chi connectivity index (χ0n) is 14.0. The molecule has 7 heteroatoms. The number of nitrogens with one attached hydrogen (secondary N) is 2. The maximum atomic E-state index is 10.7. The van der Waals surface area contributed by atoms with E-state index >= 15 is 0 Å². The van der Waals surface area contributed by atoms with Crippen LogP contribution >= 0.6 is 0 Å². The van der Waals surface area contributed by atoms with E-state index in [-0.39, 0.29) is 12.6 Å². The summed E-state index contributed by atoms with van der Waals surface area (Å²) in [6.07, 6.45) is 2.87. The smallest absolute Gasteiger partial charge is 0.333 e. The number of aryl methyl sites for hydroxylation is 1. The molecular formula is C17H24N2O5. The van der Waals surface area contributed by atoms with Gasteiger partial charge in [0.05, 0.1) is 6.61 Å². The normalized spacial score (nSPS) is 7.46. The first kappa shape index (κ1) is 26.1. The van der Waals surface area contributed by atoms with Crippen LogP contribution in [0.5, 0.6) is 0 Å². The van der Waals surface area contributed by atoms with E-state index in [1.807, 2.05) is 18.2 Å². The van der Waals surface area contributed by atoms with E-state index in [1.54, 1.807) is 6.92 Å². The first-order valence-electron chi connectivity index (χ1n) is 6.94. The summed E-state index contributed by atoms with van der Waals surface area (Å²) in [5.74, 6) is -0.358. The van der Waals surface area contributed by atoms with Gasteiger partial charge in [0.15, 0.2) is 0 Å². The van der Waals surface area contributed by atoms with Crippen molar-refractivity contribution in [2.75, 3.05) is 13.2 Å². The molecule has 0 aromatic heterocycles. The minimum Gasteiger partial charge on any atom is -0.462 e. The van der Waals surface area contributed by atoms with Crippen molar-refractivity contribution in [3.05, 3.63) is 48.0 Å². The standard InChI is InChI=1S/C8H14O3.C7H8.2CHNO/c1-7(2)8(10)11-6-4-3-5-9;1-7-5-3-2-4-6-7;2*2-1-3/h9H,1,3-6H2,2H3;2-6H,1H3;2*2H. The Kier molecular flexibility index (Phi) is 24.4. The maximum absolute atomic E-state index is 10.7. The second kappa shape index (κ2) is 22.4. The number of hydrogen-bond acceptors (Lipinski definition) is 7. The first-order chi connectivity index (χ1) is 11.4. The maximum Gasteiger partial charge on any atom is 0.333 e. The van der Waals surface area contributed by atoms with Crippen LogP contribution in [0.4, 0.5) is 0 Å². The largest absolute Gasteiger partial charge is 0.462 e. The Bertz CT molecular complexity index is 491. The molecule has 0 saturated carbocycles. The summed E-state index contributed by atoms with van der Waals surface area (Å²) in [5.41, 5.74) is 1.73. The van der Waals surface area contributed by atoms with Crippen LogP contribution < -0.4 is 0 Å². The zero-order valence-corrected chi connectivity index (χ0v) is 14.0. The molecule has 0 aliphatic heterocycles. The van der Waals surface area contributed by atoms with Gasteiger partial charge in [-0.15, -0.1) is 0 Å². The van der Waals surface area contributed by atoms with E-state index in [2.05, 4.69) is 25.6 Å². The number of carbonyl (C=O) groups is 1. The fourth-order valence-electron chi connectivity index (χ4n) is 1.04. The molecule has 0 unspecified atom stereocenters. The number of hydrogen-bond donors (Lipinski definition) is 3. The van der Waals surface area contributed by atoms with Crippen molar-refractivity contribution >= 4 is 18.1 Å². The van der Waals surface area contributed by atoms with E-state index in [0.29, 0.717) is 25.0 Å². The fraction of sp³-hybridized carbons (Fsp3) is 0.353. The molecule has 0 spiro atoms. The summed E-state index contributed by atoms with van der Waals surface area (Å²) in [4.78, 5) is 27.4. The van der Waals surface area contributed by atoms with E-state index in [0.717, 1.165) is 12.2 Å². The summed E-state index contributed by atoms with van der Waals surface area (Å²) >= 11 is 0. The average molecular weight is 336 g/mol. The highest BCUT2D eigenvalue weighted by molar-refractivity contribution is 5.86. The molecule has 0 saturated heterocycles. The van der Waals surface area contributed by atoms with Crippen LogP contribution in [0.2, 0.25) is 0 Å². The molecule has 0 amide bonds. The third-order valence-corrected chi connectivity index (χ3v) is 2.07. The number of rotatable bonds is 5. The first-order valence-corrected chi connectivity index (χ1v) is 6.94. The number of aliphatic hydroxyl groups excluding tert-OH is 1. The van der Waals surface area contributed by atoms with Crippen LogP contribution in [0.25, 0.3) is 0 Å². The Balaban J connectivity index is -0.000000288. The summed E-state index contributed by atoms with van der Waals surface area (Å²) < 4.78 is 4.76. The predicted molar refractivity (Wildman–Crippen MR) is 90.1 cm³/mol. The lowest BCUT2D eigenvalue weighted by Gasteiger charge is -2.01. The number of aliphatic hydroxyl groups is 1. The van der Waals surface area contributed by atoms with Gasteiger partial charge in [-0.1, -0.05) is 42.5 Å². The lowest BCUT2D eigenvalue weighted by atomic mass is 10.2. The highest BCUT2D eigenvalue weighted by Crippen LogP contribution is 1.94. The molecule has 3 N–H and O–H groups in total. The molecule has 1 aromatic rings. The predicted octanol–water partition coefficient (Wildman–Crippen LogP) is 2.68. The molecule has 7 nitrogen and oxygen atoms in total. The van der Waals surface area contributed by atoms with Gasteiger partial charge in [0.1, 0.15) is 0 Å². The van der Waals surface area contributed by atoms with Crippen LogP contribution in [0.15, 0.2) is 42.5 Å². The van der Waals surface area contributed by atoms with Crippen LogP contribution in [-0.4, -0.2) is 36.4 Å². The van der Waals surface area contributed by atoms with E-state index in [4.69, 9.17) is 30.3 Å². The summed E-state index contributed by atoms with van der Waals surface area (Å²) in [6.45, 7) is 7.63. The molecule has 132 valence electrons. The van der Waals surface area contributed by atoms with Crippen molar-refractivity contribution in [3.8, 4) is 0 Å². The lowest BCUT2D eigenvalue weighted by molar-refractivity contribution is -0.139. The number of unbranched alkanes of at least 4 members (excludes halogenated alkanes) is 1. The van der Waals surface area contributed by atoms with Crippen molar-refractivity contribution in [1.82, 2.24) is 0 Å². The van der Waals surface area contributed by atoms with Crippen LogP contribution in [0, 0.1) is 17.7 Å². The molecule has 1 aromatic carbocycles. The van der Waals surface area contributed by atoms with Crippen molar-refractivity contribution in [3.63, 3.8) is 0 Å². The monoisotopic (exact) mass is 336 g/mol. The summed E-state index contributed by atoms with van der Waals surface area (Å²) in [5, 5.41) is 19.2. The van der Waals surface area contributed by atoms with E-state index in [1.165, 1.54) is 5.56 Å². The van der Waals surface area contributed by atoms with Crippen LogP contribution in [-0.2, 0) is 19.1 Å². The third kappa shape index (κ3) is 27.5. The van der Waals surface area contributed by atoms with Gasteiger partial charge in [-0.25, -0.2) is 25.2 Å². The van der Waals surface area contributed by atoms with E-state index < -0.39 is 0 Å². The fourth-order valence-corrected chi connectivity index (χ4v) is 1.04. The molecule has 0 atom stereocenters. The van der Waals surface area contributed by atoms with Gasteiger partial charge in [0.2, 0.25) is 12.2 Å². The van der Waals surface area contributed by atoms with Crippen LogP contribution in [0.3, 0.4) is 0 Å². The molecule has 24 heavy (non-hydrogen) atoms. The molecule has 1 rings (SSSR count). The number of esters is 1. The van der Waals surface area contributed by atoms with Gasteiger partial charge < -0.3 is 9.84 Å². The average Bonchev–Trinajstić information content (AvgIpc) is 2.54. The third-order valence-electron chi connectivity index (χ3n) is 2.07. The topological polar surface area (TPSA) is 128 Å². The van der Waals surface area contributed by atoms with Gasteiger partial charge in [-0.3, -0.25) is 0 Å². The number of isocyanates is 2. The van der Waals surface area contributed by atoms with Gasteiger partial charge in [-0.2, -0.15) is 0 Å². The quantitative estimate of drug-likeness (QED) is 0.250. The van der Waals surface area contributed by atoms with Crippen molar-refractivity contribution < 1.29 is 24.2 Å². The highest BCUT2D eigenvalue weighted by atomic mass is 16.5. The Morgan fingerprint density at radius 3 is 1.92 bits per heavy atom. The molecular weight excluding hydrogens is 312 g/mol. The van der Waals surface area contributed by atoms with Gasteiger partial charge in [-0.05, 0) is 26.7 Å². The van der Waals surface area contributed by atoms with Gasteiger partial charge in [0.25, 0.3) is 0 Å². The Morgan fingerprint density at radius 1 is 1.17 bits per heavy atom. The molecule has 0 radical (unpaired) electrons. The van der Waals surface area contributed by atoms with Gasteiger partial charge >= 0.3 is 5.97 Å². The SMILES string of the molecule is C=C(C)C(=O)OCCCCO.Cc1ccccc1.N=C=O.N=C=O. The molecule has 0 aliphatic rings. The van der Waals surface area contributed by atoms with Crippen molar-refractivity contribution in [2.24, 2.45) is 0 Å². The zero-order chi connectivity index (χ0) is 19.2. The Labute approximate surface area is 142 Å². The number of ether oxygens (including phenoxy) is 1. The number of benzene rings is 1. The molecule has 0 bridgehead atoms. The lowest BCUT2D eigenvalue weighted by Crippen LogP contribution is -2.06. The van der Waals surface area contributed by atoms with E-state index in [9.17, 15) is 4.79 Å². The second-order valence-corrected chi connectivity index (χ2v) is 4.21. The van der Waals surface area contributed by atoms with Crippen molar-refractivity contribution in [2.45, 2.75) is 26.7 Å².